The summed E-state index contributed by atoms with van der Waals surface area (Å²) in [5, 5.41) is 4.70. The normalized spacial score (nSPS) is 15.4. The van der Waals surface area contributed by atoms with E-state index in [1.54, 1.807) is 0 Å². The average molecular weight is 264 g/mol. The summed E-state index contributed by atoms with van der Waals surface area (Å²) in [6, 6.07) is 5.18. The van der Waals surface area contributed by atoms with Crippen molar-refractivity contribution in [2.45, 2.75) is 38.8 Å². The van der Waals surface area contributed by atoms with Crippen LogP contribution in [0.3, 0.4) is 0 Å². The van der Waals surface area contributed by atoms with Gasteiger partial charge in [0.05, 0.1) is 4.88 Å². The summed E-state index contributed by atoms with van der Waals surface area (Å²) in [6.45, 7) is 3.18. The second-order valence-corrected chi connectivity index (χ2v) is 6.69. The first kappa shape index (κ1) is 11.4. The van der Waals surface area contributed by atoms with Crippen LogP contribution in [0, 0.1) is 0 Å². The molecule has 2 aromatic heterocycles. The SMILES string of the molecule is CCc1ccc(-c2ncc(CNC3CC3)s2)s1. The van der Waals surface area contributed by atoms with Crippen molar-refractivity contribution >= 4 is 22.7 Å². The molecular formula is C13H16N2S2. The number of thiazole rings is 1. The van der Waals surface area contributed by atoms with Gasteiger partial charge in [-0.3, -0.25) is 0 Å². The first-order chi connectivity index (χ1) is 8.35. The molecule has 1 fully saturated rings. The molecule has 1 saturated carbocycles. The van der Waals surface area contributed by atoms with Crippen molar-refractivity contribution in [2.24, 2.45) is 0 Å². The molecule has 17 heavy (non-hydrogen) atoms. The second kappa shape index (κ2) is 4.88. The number of thiophene rings is 1. The zero-order chi connectivity index (χ0) is 11.7. The molecule has 1 aliphatic rings. The topological polar surface area (TPSA) is 24.9 Å². The van der Waals surface area contributed by atoms with Gasteiger partial charge in [0, 0.05) is 28.5 Å². The summed E-state index contributed by atoms with van der Waals surface area (Å²) in [5.41, 5.74) is 0. The summed E-state index contributed by atoms with van der Waals surface area (Å²) in [5.74, 6) is 0. The molecule has 0 unspecified atom stereocenters. The Morgan fingerprint density at radius 1 is 1.29 bits per heavy atom. The van der Waals surface area contributed by atoms with Crippen LogP contribution in [0.15, 0.2) is 18.3 Å². The molecule has 3 rings (SSSR count). The van der Waals surface area contributed by atoms with Crippen LogP contribution in [0.1, 0.15) is 29.5 Å². The van der Waals surface area contributed by atoms with E-state index in [4.69, 9.17) is 0 Å². The van der Waals surface area contributed by atoms with Crippen molar-refractivity contribution in [1.29, 1.82) is 0 Å². The number of nitrogens with zero attached hydrogens (tertiary/aromatic N) is 1. The standard InChI is InChI=1S/C13H16N2S2/c1-2-10-5-6-12(16-10)13-15-8-11(17-13)7-14-9-3-4-9/h5-6,8-9,14H,2-4,7H2,1H3. The molecule has 2 heterocycles. The van der Waals surface area contributed by atoms with Gasteiger partial charge >= 0.3 is 0 Å². The average Bonchev–Trinajstić information content (AvgIpc) is 2.89. The minimum Gasteiger partial charge on any atom is -0.309 e. The molecule has 0 aromatic carbocycles. The Morgan fingerprint density at radius 3 is 2.88 bits per heavy atom. The molecule has 1 N–H and O–H groups in total. The summed E-state index contributed by atoms with van der Waals surface area (Å²) in [4.78, 5) is 8.61. The highest BCUT2D eigenvalue weighted by Crippen LogP contribution is 2.31. The van der Waals surface area contributed by atoms with Gasteiger partial charge in [-0.25, -0.2) is 4.98 Å². The van der Waals surface area contributed by atoms with E-state index in [0.29, 0.717) is 0 Å². The Kier molecular flexibility index (Phi) is 3.27. The lowest BCUT2D eigenvalue weighted by atomic mass is 10.4. The molecule has 2 nitrogen and oxygen atoms in total. The molecule has 0 amide bonds. The molecule has 90 valence electrons. The fraction of sp³-hybridized carbons (Fsp3) is 0.462. The van der Waals surface area contributed by atoms with Gasteiger partial charge in [-0.15, -0.1) is 22.7 Å². The zero-order valence-corrected chi connectivity index (χ0v) is 11.5. The van der Waals surface area contributed by atoms with Gasteiger partial charge in [-0.1, -0.05) is 6.92 Å². The van der Waals surface area contributed by atoms with E-state index in [1.807, 2.05) is 28.9 Å². The number of aromatic nitrogens is 1. The third kappa shape index (κ3) is 2.76. The van der Waals surface area contributed by atoms with Crippen LogP contribution in [0.25, 0.3) is 9.88 Å². The Labute approximate surface area is 110 Å². The number of hydrogen-bond acceptors (Lipinski definition) is 4. The van der Waals surface area contributed by atoms with Crippen molar-refractivity contribution in [2.75, 3.05) is 0 Å². The van der Waals surface area contributed by atoms with E-state index in [2.05, 4.69) is 29.4 Å². The lowest BCUT2D eigenvalue weighted by molar-refractivity contribution is 0.694. The van der Waals surface area contributed by atoms with E-state index < -0.39 is 0 Å². The quantitative estimate of drug-likeness (QED) is 0.891. The van der Waals surface area contributed by atoms with Gasteiger partial charge in [-0.2, -0.15) is 0 Å². The largest absolute Gasteiger partial charge is 0.309 e. The molecule has 0 saturated heterocycles. The summed E-state index contributed by atoms with van der Waals surface area (Å²) >= 11 is 3.68. The minimum absolute atomic E-state index is 0.772. The minimum atomic E-state index is 0.772. The highest BCUT2D eigenvalue weighted by Gasteiger charge is 2.20. The van der Waals surface area contributed by atoms with Crippen molar-refractivity contribution in [3.63, 3.8) is 0 Å². The maximum absolute atomic E-state index is 4.52. The second-order valence-electron chi connectivity index (χ2n) is 4.41. The van der Waals surface area contributed by atoms with Crippen LogP contribution in [0.2, 0.25) is 0 Å². The van der Waals surface area contributed by atoms with Crippen LogP contribution >= 0.6 is 22.7 Å². The molecule has 0 aliphatic heterocycles. The van der Waals surface area contributed by atoms with Gasteiger partial charge in [-0.05, 0) is 31.4 Å². The highest BCUT2D eigenvalue weighted by molar-refractivity contribution is 7.21. The predicted molar refractivity (Wildman–Crippen MR) is 74.7 cm³/mol. The maximum atomic E-state index is 4.52. The van der Waals surface area contributed by atoms with Crippen molar-refractivity contribution in [3.05, 3.63) is 28.1 Å². The molecule has 0 atom stereocenters. The summed E-state index contributed by atoms with van der Waals surface area (Å²) in [6.07, 6.45) is 5.82. The maximum Gasteiger partial charge on any atom is 0.133 e. The summed E-state index contributed by atoms with van der Waals surface area (Å²) < 4.78 is 0. The fourth-order valence-corrected chi connectivity index (χ4v) is 3.59. The van der Waals surface area contributed by atoms with Gasteiger partial charge in [0.25, 0.3) is 0 Å². The lowest BCUT2D eigenvalue weighted by Crippen LogP contribution is -2.14. The first-order valence-electron chi connectivity index (χ1n) is 6.12. The molecule has 1 aliphatic carbocycles. The number of rotatable bonds is 5. The fourth-order valence-electron chi connectivity index (χ4n) is 1.72. The molecule has 0 bridgehead atoms. The lowest BCUT2D eigenvalue weighted by Gasteiger charge is -1.96. The third-order valence-corrected chi connectivity index (χ3v) is 5.31. The van der Waals surface area contributed by atoms with Crippen LogP contribution in [0.5, 0.6) is 0 Å². The number of hydrogen-bond donors (Lipinski definition) is 1. The predicted octanol–water partition coefficient (Wildman–Crippen LogP) is 3.69. The van der Waals surface area contributed by atoms with Crippen molar-refractivity contribution in [1.82, 2.24) is 10.3 Å². The Bertz CT molecular complexity index is 497. The summed E-state index contributed by atoms with van der Waals surface area (Å²) in [7, 11) is 0. The smallest absolute Gasteiger partial charge is 0.133 e. The van der Waals surface area contributed by atoms with E-state index in [-0.39, 0.29) is 0 Å². The van der Waals surface area contributed by atoms with Crippen molar-refractivity contribution < 1.29 is 0 Å². The Morgan fingerprint density at radius 2 is 2.18 bits per heavy atom. The van der Waals surface area contributed by atoms with Gasteiger partial charge in [0.1, 0.15) is 5.01 Å². The van der Waals surface area contributed by atoms with Crippen LogP contribution in [-0.4, -0.2) is 11.0 Å². The molecule has 2 aromatic rings. The van der Waals surface area contributed by atoms with Crippen LogP contribution < -0.4 is 5.32 Å². The van der Waals surface area contributed by atoms with Gasteiger partial charge < -0.3 is 5.32 Å². The number of nitrogens with one attached hydrogen (secondary N) is 1. The van der Waals surface area contributed by atoms with Crippen LogP contribution in [0.4, 0.5) is 0 Å². The van der Waals surface area contributed by atoms with E-state index in [9.17, 15) is 0 Å². The molecule has 0 radical (unpaired) electrons. The van der Waals surface area contributed by atoms with Crippen LogP contribution in [-0.2, 0) is 13.0 Å². The first-order valence-corrected chi connectivity index (χ1v) is 7.75. The highest BCUT2D eigenvalue weighted by atomic mass is 32.1. The van der Waals surface area contributed by atoms with Gasteiger partial charge in [0.15, 0.2) is 0 Å². The van der Waals surface area contributed by atoms with Crippen molar-refractivity contribution in [3.8, 4) is 9.88 Å². The van der Waals surface area contributed by atoms with Gasteiger partial charge in [0.2, 0.25) is 0 Å². The Hall–Kier alpha value is -0.710. The zero-order valence-electron chi connectivity index (χ0n) is 9.90. The molecule has 4 heteroatoms. The number of aryl methyl sites for hydroxylation is 1. The monoisotopic (exact) mass is 264 g/mol. The molecule has 0 spiro atoms. The molecular weight excluding hydrogens is 248 g/mol. The van der Waals surface area contributed by atoms with E-state index >= 15 is 0 Å². The Balaban J connectivity index is 1.69. The van der Waals surface area contributed by atoms with E-state index in [0.717, 1.165) is 19.0 Å². The third-order valence-electron chi connectivity index (χ3n) is 2.92. The van der Waals surface area contributed by atoms with E-state index in [1.165, 1.54) is 32.5 Å².